The maximum absolute atomic E-state index is 13.7. The lowest BCUT2D eigenvalue weighted by Gasteiger charge is -2.33. The van der Waals surface area contributed by atoms with Crippen LogP contribution < -0.4 is 10.3 Å². The zero-order chi connectivity index (χ0) is 30.2. The smallest absolute Gasteiger partial charge is 0.408 e. The van der Waals surface area contributed by atoms with Crippen LogP contribution in [0, 0.1) is 0 Å². The number of amides is 1. The number of alkyl halides is 3. The van der Waals surface area contributed by atoms with Gasteiger partial charge < -0.3 is 19.7 Å². The van der Waals surface area contributed by atoms with Crippen molar-refractivity contribution in [3.8, 4) is 5.75 Å². The standard InChI is InChI=1S/C30H35ClF3N3O4/c1-4-15-29(5-2,22-11-13-23(31)14-12-22)18-24-35-25(28(40)37(16-17-38)20(3)30(32,33)34)26(27(39)36-24)41-19-21-9-7-6-8-10-21/h6-14,20,38H,4-5,15-19H2,1-3H3,(H,35,36,39). The maximum Gasteiger partial charge on any atom is 0.408 e. The number of ether oxygens (including phenoxy) is 1. The summed E-state index contributed by atoms with van der Waals surface area (Å²) >= 11 is 6.11. The van der Waals surface area contributed by atoms with E-state index >= 15 is 0 Å². The van der Waals surface area contributed by atoms with Crippen LogP contribution in [0.2, 0.25) is 5.02 Å². The van der Waals surface area contributed by atoms with Gasteiger partial charge in [-0.3, -0.25) is 9.59 Å². The van der Waals surface area contributed by atoms with Crippen LogP contribution >= 0.6 is 11.6 Å². The lowest BCUT2D eigenvalue weighted by molar-refractivity contribution is -0.172. The van der Waals surface area contributed by atoms with Crippen molar-refractivity contribution >= 4 is 17.5 Å². The second-order valence-corrected chi connectivity index (χ2v) is 10.4. The van der Waals surface area contributed by atoms with Crippen molar-refractivity contribution in [1.82, 2.24) is 14.9 Å². The fraction of sp³-hybridized carbons (Fsp3) is 0.433. The zero-order valence-electron chi connectivity index (χ0n) is 23.3. The topological polar surface area (TPSA) is 95.5 Å². The highest BCUT2D eigenvalue weighted by Gasteiger charge is 2.43. The van der Waals surface area contributed by atoms with E-state index in [1.54, 1.807) is 42.5 Å². The number of benzene rings is 2. The van der Waals surface area contributed by atoms with E-state index in [1.165, 1.54) is 0 Å². The SMILES string of the molecule is CCCC(CC)(Cc1nc(C(=O)N(CCO)C(C)C(F)(F)F)c(OCc2ccccc2)c(=O)[nH]1)c1ccc(Cl)cc1. The third kappa shape index (κ3) is 7.89. The first kappa shape index (κ1) is 32.1. The minimum absolute atomic E-state index is 0.112. The molecular weight excluding hydrogens is 559 g/mol. The summed E-state index contributed by atoms with van der Waals surface area (Å²) in [4.78, 5) is 34.6. The monoisotopic (exact) mass is 593 g/mol. The third-order valence-electron chi connectivity index (χ3n) is 7.27. The molecule has 2 atom stereocenters. The van der Waals surface area contributed by atoms with Gasteiger partial charge in [-0.25, -0.2) is 4.98 Å². The second kappa shape index (κ2) is 14.0. The predicted molar refractivity (Wildman–Crippen MR) is 151 cm³/mol. The van der Waals surface area contributed by atoms with Gasteiger partial charge in [-0.15, -0.1) is 0 Å². The predicted octanol–water partition coefficient (Wildman–Crippen LogP) is 6.08. The number of aromatic amines is 1. The summed E-state index contributed by atoms with van der Waals surface area (Å²) in [6, 6.07) is 13.9. The summed E-state index contributed by atoms with van der Waals surface area (Å²) in [6.45, 7) is 3.40. The van der Waals surface area contributed by atoms with E-state index in [1.807, 2.05) is 26.0 Å². The summed E-state index contributed by atoms with van der Waals surface area (Å²) in [5.74, 6) is -1.51. The molecule has 1 aromatic heterocycles. The molecule has 11 heteroatoms. The van der Waals surface area contributed by atoms with Gasteiger partial charge in [0.25, 0.3) is 11.5 Å². The van der Waals surface area contributed by atoms with Gasteiger partial charge in [-0.1, -0.05) is 74.3 Å². The van der Waals surface area contributed by atoms with Crippen LogP contribution in [0.25, 0.3) is 0 Å². The van der Waals surface area contributed by atoms with Crippen molar-refractivity contribution in [2.45, 2.75) is 70.7 Å². The van der Waals surface area contributed by atoms with Gasteiger partial charge in [0.15, 0.2) is 5.69 Å². The molecule has 0 aliphatic carbocycles. The molecule has 0 aliphatic heterocycles. The van der Waals surface area contributed by atoms with Gasteiger partial charge in [0.2, 0.25) is 5.75 Å². The van der Waals surface area contributed by atoms with Gasteiger partial charge in [-0.2, -0.15) is 13.2 Å². The van der Waals surface area contributed by atoms with Crippen molar-refractivity contribution in [1.29, 1.82) is 0 Å². The molecule has 3 aromatic rings. The summed E-state index contributed by atoms with van der Waals surface area (Å²) in [5, 5.41) is 10.0. The van der Waals surface area contributed by atoms with Crippen LogP contribution in [-0.2, 0) is 18.4 Å². The van der Waals surface area contributed by atoms with E-state index in [-0.39, 0.29) is 18.9 Å². The molecule has 3 rings (SSSR count). The number of aliphatic hydroxyl groups excluding tert-OH is 1. The largest absolute Gasteiger partial charge is 0.481 e. The molecule has 0 aliphatic rings. The molecule has 0 fully saturated rings. The average Bonchev–Trinajstić information content (AvgIpc) is 2.94. The maximum atomic E-state index is 13.7. The molecule has 0 saturated carbocycles. The first-order chi connectivity index (χ1) is 19.5. The Morgan fingerprint density at radius 3 is 2.34 bits per heavy atom. The molecule has 7 nitrogen and oxygen atoms in total. The Hall–Kier alpha value is -3.37. The van der Waals surface area contributed by atoms with Gasteiger partial charge >= 0.3 is 6.18 Å². The number of aromatic nitrogens is 2. The highest BCUT2D eigenvalue weighted by molar-refractivity contribution is 6.30. The summed E-state index contributed by atoms with van der Waals surface area (Å²) in [7, 11) is 0. The molecule has 2 N–H and O–H groups in total. The number of carbonyl (C=O) groups excluding carboxylic acids is 1. The van der Waals surface area contributed by atoms with Gasteiger partial charge in [-0.05, 0) is 43.0 Å². The summed E-state index contributed by atoms with van der Waals surface area (Å²) in [6.07, 6.45) is -2.39. The van der Waals surface area contributed by atoms with Crippen LogP contribution in [-0.4, -0.2) is 51.3 Å². The van der Waals surface area contributed by atoms with E-state index in [4.69, 9.17) is 16.3 Å². The van der Waals surface area contributed by atoms with Crippen molar-refractivity contribution < 1.29 is 27.8 Å². The molecule has 41 heavy (non-hydrogen) atoms. The van der Waals surface area contributed by atoms with Crippen LogP contribution in [0.3, 0.4) is 0 Å². The second-order valence-electron chi connectivity index (χ2n) is 9.97. The third-order valence-corrected chi connectivity index (χ3v) is 7.52. The number of rotatable bonds is 13. The Morgan fingerprint density at radius 1 is 1.12 bits per heavy atom. The molecule has 1 amide bonds. The van der Waals surface area contributed by atoms with Crippen LogP contribution in [0.5, 0.6) is 5.75 Å². The highest BCUT2D eigenvalue weighted by Crippen LogP contribution is 2.37. The minimum Gasteiger partial charge on any atom is -0.481 e. The van der Waals surface area contributed by atoms with E-state index in [2.05, 4.69) is 9.97 Å². The Labute approximate surface area is 242 Å². The average molecular weight is 594 g/mol. The van der Waals surface area contributed by atoms with E-state index < -0.39 is 53.7 Å². The van der Waals surface area contributed by atoms with Gasteiger partial charge in [0.05, 0.1) is 6.61 Å². The number of aliphatic hydroxyl groups is 1. The molecule has 0 saturated heterocycles. The molecular formula is C30H35ClF3N3O4. The zero-order valence-corrected chi connectivity index (χ0v) is 24.1. The van der Waals surface area contributed by atoms with Crippen molar-refractivity contribution in [3.05, 3.63) is 92.6 Å². The van der Waals surface area contributed by atoms with Crippen molar-refractivity contribution in [3.63, 3.8) is 0 Å². The number of nitrogens with one attached hydrogen (secondary N) is 1. The molecule has 0 bridgehead atoms. The quantitative estimate of drug-likeness (QED) is 0.250. The Kier molecular flexibility index (Phi) is 11.0. The normalized spacial score (nSPS) is 13.9. The number of hydrogen-bond donors (Lipinski definition) is 2. The van der Waals surface area contributed by atoms with E-state index in [0.717, 1.165) is 18.9 Å². The Balaban J connectivity index is 2.13. The number of carbonyl (C=O) groups is 1. The number of nitrogens with zero attached hydrogens (tertiary/aromatic N) is 2. The molecule has 222 valence electrons. The van der Waals surface area contributed by atoms with E-state index in [9.17, 15) is 27.9 Å². The Bertz CT molecular complexity index is 1350. The number of H-pyrrole nitrogens is 1. The first-order valence-corrected chi connectivity index (χ1v) is 13.9. The molecule has 2 unspecified atom stereocenters. The fourth-order valence-corrected chi connectivity index (χ4v) is 5.06. The highest BCUT2D eigenvalue weighted by atomic mass is 35.5. The van der Waals surface area contributed by atoms with Gasteiger partial charge in [0.1, 0.15) is 18.5 Å². The molecule has 2 aromatic carbocycles. The lowest BCUT2D eigenvalue weighted by atomic mass is 9.72. The van der Waals surface area contributed by atoms with Crippen molar-refractivity contribution in [2.24, 2.45) is 0 Å². The fourth-order valence-electron chi connectivity index (χ4n) is 4.94. The van der Waals surface area contributed by atoms with Crippen molar-refractivity contribution in [2.75, 3.05) is 13.2 Å². The first-order valence-electron chi connectivity index (χ1n) is 13.5. The number of hydrogen-bond acceptors (Lipinski definition) is 5. The Morgan fingerprint density at radius 2 is 1.78 bits per heavy atom. The number of halogens is 4. The molecule has 1 heterocycles. The van der Waals surface area contributed by atoms with Gasteiger partial charge in [0, 0.05) is 23.4 Å². The van der Waals surface area contributed by atoms with Crippen LogP contribution in [0.15, 0.2) is 59.4 Å². The van der Waals surface area contributed by atoms with E-state index in [0.29, 0.717) is 28.3 Å². The molecule has 0 spiro atoms. The summed E-state index contributed by atoms with van der Waals surface area (Å²) < 4.78 is 46.8. The summed E-state index contributed by atoms with van der Waals surface area (Å²) in [5.41, 5.74) is -0.177. The van der Waals surface area contributed by atoms with Crippen LogP contribution in [0.4, 0.5) is 13.2 Å². The molecule has 0 radical (unpaired) electrons. The van der Waals surface area contributed by atoms with Crippen LogP contribution in [0.1, 0.15) is 67.5 Å². The minimum atomic E-state index is -4.77. The lowest BCUT2D eigenvalue weighted by Crippen LogP contribution is -2.49.